The monoisotopic (exact) mass is 379 g/mol. The Morgan fingerprint density at radius 2 is 1.89 bits per heavy atom. The number of halogens is 3. The molecular weight excluding hydrogens is 359 g/mol. The Balaban J connectivity index is 1.60. The van der Waals surface area contributed by atoms with Gasteiger partial charge in [0.05, 0.1) is 18.7 Å². The Morgan fingerprint density at radius 1 is 1.19 bits per heavy atom. The maximum Gasteiger partial charge on any atom is 0.416 e. The molecule has 0 spiro atoms. The van der Waals surface area contributed by atoms with Crippen molar-refractivity contribution in [1.29, 1.82) is 0 Å². The molecule has 2 aromatic carbocycles. The van der Waals surface area contributed by atoms with E-state index in [9.17, 15) is 18.0 Å². The molecule has 1 amide bonds. The van der Waals surface area contributed by atoms with Gasteiger partial charge < -0.3 is 14.4 Å². The van der Waals surface area contributed by atoms with Crippen molar-refractivity contribution < 1.29 is 27.4 Å². The van der Waals surface area contributed by atoms with Crippen LogP contribution in [0.15, 0.2) is 48.5 Å². The predicted molar refractivity (Wildman–Crippen MR) is 93.8 cm³/mol. The minimum Gasteiger partial charge on any atom is -0.491 e. The van der Waals surface area contributed by atoms with E-state index in [1.54, 1.807) is 4.90 Å². The lowest BCUT2D eigenvalue weighted by molar-refractivity contribution is -0.137. The topological polar surface area (TPSA) is 38.8 Å². The fourth-order valence-electron chi connectivity index (χ4n) is 2.89. The number of hydrogen-bond acceptors (Lipinski definition) is 3. The van der Waals surface area contributed by atoms with Crippen molar-refractivity contribution >= 4 is 5.91 Å². The van der Waals surface area contributed by atoms with Gasteiger partial charge in [0.1, 0.15) is 18.5 Å². The number of carbonyl (C=O) groups excluding carboxylic acids is 1. The first-order valence-electron chi connectivity index (χ1n) is 8.61. The summed E-state index contributed by atoms with van der Waals surface area (Å²) in [5.74, 6) is 0.445. The first-order chi connectivity index (χ1) is 12.8. The summed E-state index contributed by atoms with van der Waals surface area (Å²) in [6, 6.07) is 11.9. The fraction of sp³-hybridized carbons (Fsp3) is 0.350. The van der Waals surface area contributed by atoms with Gasteiger partial charge in [0.2, 0.25) is 0 Å². The molecule has 3 rings (SSSR count). The number of morpholine rings is 1. The van der Waals surface area contributed by atoms with Crippen LogP contribution in [0.25, 0.3) is 0 Å². The van der Waals surface area contributed by atoms with Crippen LogP contribution in [-0.4, -0.2) is 43.2 Å². The number of ether oxygens (including phenoxy) is 2. The minimum absolute atomic E-state index is 0.225. The Labute approximate surface area is 155 Å². The highest BCUT2D eigenvalue weighted by Crippen LogP contribution is 2.29. The van der Waals surface area contributed by atoms with Crippen LogP contribution in [0.5, 0.6) is 5.75 Å². The lowest BCUT2D eigenvalue weighted by atomic mass is 10.1. The van der Waals surface area contributed by atoms with Crippen molar-refractivity contribution in [2.75, 3.05) is 26.3 Å². The van der Waals surface area contributed by atoms with E-state index in [1.165, 1.54) is 12.1 Å². The Hall–Kier alpha value is -2.54. The number of hydrogen-bond donors (Lipinski definition) is 0. The molecule has 2 aromatic rings. The molecule has 27 heavy (non-hydrogen) atoms. The fourth-order valence-corrected chi connectivity index (χ4v) is 2.89. The minimum atomic E-state index is -4.42. The molecule has 0 N–H and O–H groups in total. The van der Waals surface area contributed by atoms with Crippen molar-refractivity contribution in [2.45, 2.75) is 19.2 Å². The smallest absolute Gasteiger partial charge is 0.416 e. The number of aryl methyl sites for hydroxylation is 1. The number of amides is 1. The molecule has 1 atom stereocenters. The summed E-state index contributed by atoms with van der Waals surface area (Å²) in [6.07, 6.45) is -4.71. The van der Waals surface area contributed by atoms with Crippen LogP contribution in [0.4, 0.5) is 13.2 Å². The van der Waals surface area contributed by atoms with Gasteiger partial charge in [-0.15, -0.1) is 0 Å². The molecule has 1 heterocycles. The summed E-state index contributed by atoms with van der Waals surface area (Å²) in [5.41, 5.74) is 0.458. The van der Waals surface area contributed by atoms with Gasteiger partial charge in [-0.2, -0.15) is 13.2 Å². The summed E-state index contributed by atoms with van der Waals surface area (Å²) in [6.45, 7) is 3.31. The molecule has 0 unspecified atom stereocenters. The number of nitrogens with zero attached hydrogens (tertiary/aromatic N) is 1. The largest absolute Gasteiger partial charge is 0.491 e. The van der Waals surface area contributed by atoms with Gasteiger partial charge in [-0.1, -0.05) is 18.2 Å². The van der Waals surface area contributed by atoms with Crippen molar-refractivity contribution in [3.8, 4) is 5.75 Å². The zero-order chi connectivity index (χ0) is 19.4. The Bertz CT molecular complexity index is 790. The van der Waals surface area contributed by atoms with Gasteiger partial charge >= 0.3 is 6.18 Å². The van der Waals surface area contributed by atoms with E-state index in [-0.39, 0.29) is 17.6 Å². The molecule has 7 heteroatoms. The molecule has 0 aliphatic carbocycles. The second-order valence-electron chi connectivity index (χ2n) is 6.40. The van der Waals surface area contributed by atoms with Crippen molar-refractivity contribution in [3.05, 3.63) is 65.2 Å². The number of benzene rings is 2. The molecule has 0 saturated carbocycles. The van der Waals surface area contributed by atoms with E-state index in [2.05, 4.69) is 0 Å². The highest BCUT2D eigenvalue weighted by Gasteiger charge is 2.31. The highest BCUT2D eigenvalue weighted by atomic mass is 19.4. The molecule has 144 valence electrons. The van der Waals surface area contributed by atoms with Crippen molar-refractivity contribution in [3.63, 3.8) is 0 Å². The lowest BCUT2D eigenvalue weighted by Crippen LogP contribution is -2.47. The second-order valence-corrected chi connectivity index (χ2v) is 6.40. The molecule has 0 bridgehead atoms. The third kappa shape index (κ3) is 4.80. The van der Waals surface area contributed by atoms with E-state index < -0.39 is 11.7 Å². The SMILES string of the molecule is Cc1ccccc1OC[C@H]1CN(C(=O)c2ccc(C(F)(F)F)cc2)CCO1. The molecule has 1 fully saturated rings. The van der Waals surface area contributed by atoms with Crippen LogP contribution in [0.3, 0.4) is 0 Å². The standard InChI is InChI=1S/C20H20F3NO3/c1-14-4-2-3-5-18(14)27-13-17-12-24(10-11-26-17)19(25)15-6-8-16(9-7-15)20(21,22)23/h2-9,17H,10-13H2,1H3/t17-/m1/s1. The van der Waals surface area contributed by atoms with Crippen LogP contribution in [0.1, 0.15) is 21.5 Å². The zero-order valence-electron chi connectivity index (χ0n) is 14.8. The van der Waals surface area contributed by atoms with Crippen LogP contribution < -0.4 is 4.74 Å². The van der Waals surface area contributed by atoms with Gasteiger partial charge in [0, 0.05) is 12.1 Å². The first kappa shape index (κ1) is 19.2. The average Bonchev–Trinajstić information content (AvgIpc) is 2.66. The summed E-state index contributed by atoms with van der Waals surface area (Å²) in [5, 5.41) is 0. The molecular formula is C20H20F3NO3. The van der Waals surface area contributed by atoms with Crippen LogP contribution in [-0.2, 0) is 10.9 Å². The Kier molecular flexibility index (Phi) is 5.70. The molecule has 0 radical (unpaired) electrons. The number of rotatable bonds is 4. The molecule has 4 nitrogen and oxygen atoms in total. The van der Waals surface area contributed by atoms with E-state index in [0.29, 0.717) is 26.3 Å². The summed E-state index contributed by atoms with van der Waals surface area (Å²) >= 11 is 0. The van der Waals surface area contributed by atoms with E-state index >= 15 is 0 Å². The van der Waals surface area contributed by atoms with E-state index in [0.717, 1.165) is 23.4 Å². The second kappa shape index (κ2) is 8.00. The van der Waals surface area contributed by atoms with Crippen LogP contribution in [0.2, 0.25) is 0 Å². The number of para-hydroxylation sites is 1. The maximum absolute atomic E-state index is 12.7. The lowest BCUT2D eigenvalue weighted by Gasteiger charge is -2.33. The van der Waals surface area contributed by atoms with Crippen LogP contribution in [0, 0.1) is 6.92 Å². The average molecular weight is 379 g/mol. The third-order valence-electron chi connectivity index (χ3n) is 4.40. The van der Waals surface area contributed by atoms with Crippen LogP contribution >= 0.6 is 0 Å². The predicted octanol–water partition coefficient (Wildman–Crippen LogP) is 3.93. The quantitative estimate of drug-likeness (QED) is 0.808. The third-order valence-corrected chi connectivity index (χ3v) is 4.40. The van der Waals surface area contributed by atoms with Crippen molar-refractivity contribution in [2.24, 2.45) is 0 Å². The van der Waals surface area contributed by atoms with Gasteiger partial charge in [-0.3, -0.25) is 4.79 Å². The van der Waals surface area contributed by atoms with Gasteiger partial charge in [0.25, 0.3) is 5.91 Å². The Morgan fingerprint density at radius 3 is 2.56 bits per heavy atom. The summed E-state index contributed by atoms with van der Waals surface area (Å²) < 4.78 is 49.4. The van der Waals surface area contributed by atoms with E-state index in [1.807, 2.05) is 31.2 Å². The highest BCUT2D eigenvalue weighted by molar-refractivity contribution is 5.94. The van der Waals surface area contributed by atoms with Crippen molar-refractivity contribution in [1.82, 2.24) is 4.90 Å². The normalized spacial score (nSPS) is 17.6. The zero-order valence-corrected chi connectivity index (χ0v) is 14.8. The molecule has 1 aliphatic rings. The molecule has 0 aromatic heterocycles. The number of carbonyl (C=O) groups is 1. The van der Waals surface area contributed by atoms with Gasteiger partial charge in [0.15, 0.2) is 0 Å². The maximum atomic E-state index is 12.7. The molecule has 1 aliphatic heterocycles. The van der Waals surface area contributed by atoms with E-state index in [4.69, 9.17) is 9.47 Å². The van der Waals surface area contributed by atoms with Gasteiger partial charge in [-0.05, 0) is 42.8 Å². The first-order valence-corrected chi connectivity index (χ1v) is 8.61. The summed E-state index contributed by atoms with van der Waals surface area (Å²) in [7, 11) is 0. The summed E-state index contributed by atoms with van der Waals surface area (Å²) in [4.78, 5) is 14.2. The molecule has 1 saturated heterocycles. The van der Waals surface area contributed by atoms with Gasteiger partial charge in [-0.25, -0.2) is 0 Å². The number of alkyl halides is 3.